The molecule has 1 aromatic carbocycles. The molecule has 3 heteroatoms. The van der Waals surface area contributed by atoms with Gasteiger partial charge in [0.25, 0.3) is 5.91 Å². The van der Waals surface area contributed by atoms with Gasteiger partial charge in [-0.15, -0.1) is 0 Å². The number of amides is 1. The van der Waals surface area contributed by atoms with Gasteiger partial charge in [0.15, 0.2) is 0 Å². The van der Waals surface area contributed by atoms with Crippen LogP contribution in [0.5, 0.6) is 0 Å². The Morgan fingerprint density at radius 3 is 2.19 bits per heavy atom. The lowest BCUT2D eigenvalue weighted by Gasteiger charge is -2.46. The van der Waals surface area contributed by atoms with E-state index in [0.29, 0.717) is 5.57 Å². The summed E-state index contributed by atoms with van der Waals surface area (Å²) in [6, 6.07) is 9.78. The molecule has 1 aromatic rings. The topological polar surface area (TPSA) is 41.1 Å². The lowest BCUT2D eigenvalue weighted by atomic mass is 9.79. The van der Waals surface area contributed by atoms with Crippen LogP contribution in [0.4, 0.5) is 0 Å². The predicted octanol–water partition coefficient (Wildman–Crippen LogP) is 3.13. The maximum atomic E-state index is 12.4. The van der Waals surface area contributed by atoms with Crippen molar-refractivity contribution in [3.05, 3.63) is 42.5 Å². The average molecular weight is 286 g/mol. The summed E-state index contributed by atoms with van der Waals surface area (Å²) >= 11 is 0. The Balaban J connectivity index is 2.04. The smallest absolute Gasteiger partial charge is 0.251 e. The standard InChI is InChI=1S/C18H26N2O/c1-13(14-9-7-6-8-10-14)16(21)19-15-11-17(2,3)20-18(4,5)12-15/h6-10,15,20H,1,11-12H2,2-5H3,(H,19,21). The summed E-state index contributed by atoms with van der Waals surface area (Å²) in [7, 11) is 0. The van der Waals surface area contributed by atoms with Crippen molar-refractivity contribution < 1.29 is 4.79 Å². The van der Waals surface area contributed by atoms with Gasteiger partial charge in [0.2, 0.25) is 0 Å². The number of rotatable bonds is 3. The van der Waals surface area contributed by atoms with Crippen LogP contribution in [0, 0.1) is 0 Å². The third kappa shape index (κ3) is 4.18. The van der Waals surface area contributed by atoms with Gasteiger partial charge in [-0.1, -0.05) is 36.9 Å². The van der Waals surface area contributed by atoms with Crippen LogP contribution in [-0.4, -0.2) is 23.0 Å². The molecule has 21 heavy (non-hydrogen) atoms. The maximum absolute atomic E-state index is 12.4. The molecule has 2 rings (SSSR count). The molecule has 1 amide bonds. The highest BCUT2D eigenvalue weighted by atomic mass is 16.1. The van der Waals surface area contributed by atoms with Gasteiger partial charge in [0, 0.05) is 22.7 Å². The summed E-state index contributed by atoms with van der Waals surface area (Å²) in [4.78, 5) is 12.4. The molecule has 1 aliphatic rings. The summed E-state index contributed by atoms with van der Waals surface area (Å²) in [5, 5.41) is 6.77. The summed E-state index contributed by atoms with van der Waals surface area (Å²) < 4.78 is 0. The van der Waals surface area contributed by atoms with E-state index in [-0.39, 0.29) is 23.0 Å². The van der Waals surface area contributed by atoms with Crippen LogP contribution in [0.3, 0.4) is 0 Å². The second-order valence-corrected chi connectivity index (χ2v) is 7.32. The molecule has 0 aromatic heterocycles. The van der Waals surface area contributed by atoms with Gasteiger partial charge in [-0.3, -0.25) is 4.79 Å². The first-order valence-electron chi connectivity index (χ1n) is 7.53. The van der Waals surface area contributed by atoms with E-state index in [1.54, 1.807) is 0 Å². The Kier molecular flexibility index (Phi) is 4.24. The van der Waals surface area contributed by atoms with Crippen LogP contribution < -0.4 is 10.6 Å². The molecule has 2 N–H and O–H groups in total. The first-order valence-corrected chi connectivity index (χ1v) is 7.53. The molecule has 1 aliphatic heterocycles. The van der Waals surface area contributed by atoms with Crippen molar-refractivity contribution >= 4 is 11.5 Å². The number of piperidine rings is 1. The van der Waals surface area contributed by atoms with E-state index in [2.05, 4.69) is 44.9 Å². The monoisotopic (exact) mass is 286 g/mol. The number of carbonyl (C=O) groups excluding carboxylic acids is 1. The molecule has 0 unspecified atom stereocenters. The average Bonchev–Trinajstić information content (AvgIpc) is 2.35. The summed E-state index contributed by atoms with van der Waals surface area (Å²) in [5.74, 6) is -0.0697. The van der Waals surface area contributed by atoms with E-state index in [1.807, 2.05) is 30.3 Å². The molecule has 0 bridgehead atoms. The molecule has 3 nitrogen and oxygen atoms in total. The fraction of sp³-hybridized carbons (Fsp3) is 0.500. The fourth-order valence-electron chi connectivity index (χ4n) is 3.47. The van der Waals surface area contributed by atoms with Crippen molar-refractivity contribution in [2.45, 2.75) is 57.7 Å². The molecule has 114 valence electrons. The zero-order valence-electron chi connectivity index (χ0n) is 13.5. The molecule has 0 radical (unpaired) electrons. The lowest BCUT2D eigenvalue weighted by Crippen LogP contribution is -2.62. The van der Waals surface area contributed by atoms with E-state index < -0.39 is 0 Å². The third-order valence-electron chi connectivity index (χ3n) is 3.92. The quantitative estimate of drug-likeness (QED) is 0.838. The van der Waals surface area contributed by atoms with Crippen LogP contribution in [0.1, 0.15) is 46.1 Å². The molecule has 0 saturated carbocycles. The van der Waals surface area contributed by atoms with E-state index in [9.17, 15) is 4.79 Å². The fourth-order valence-corrected chi connectivity index (χ4v) is 3.47. The highest BCUT2D eigenvalue weighted by Crippen LogP contribution is 2.28. The number of carbonyl (C=O) groups is 1. The van der Waals surface area contributed by atoms with Gasteiger partial charge in [0.1, 0.15) is 0 Å². The molecule has 0 spiro atoms. The van der Waals surface area contributed by atoms with Crippen molar-refractivity contribution in [2.75, 3.05) is 0 Å². The van der Waals surface area contributed by atoms with E-state index in [1.165, 1.54) is 0 Å². The van der Waals surface area contributed by atoms with Crippen LogP contribution in [-0.2, 0) is 4.79 Å². The number of benzene rings is 1. The molecule has 1 heterocycles. The third-order valence-corrected chi connectivity index (χ3v) is 3.92. The molecular weight excluding hydrogens is 260 g/mol. The van der Waals surface area contributed by atoms with Gasteiger partial charge in [-0.05, 0) is 46.1 Å². The van der Waals surface area contributed by atoms with E-state index in [0.717, 1.165) is 18.4 Å². The van der Waals surface area contributed by atoms with Crippen molar-refractivity contribution in [3.8, 4) is 0 Å². The summed E-state index contributed by atoms with van der Waals surface area (Å²) in [6.07, 6.45) is 1.84. The van der Waals surface area contributed by atoms with Crippen LogP contribution in [0.15, 0.2) is 36.9 Å². The molecule has 0 atom stereocenters. The van der Waals surface area contributed by atoms with Gasteiger partial charge in [-0.25, -0.2) is 0 Å². The number of nitrogens with one attached hydrogen (secondary N) is 2. The van der Waals surface area contributed by atoms with Crippen molar-refractivity contribution in [1.82, 2.24) is 10.6 Å². The lowest BCUT2D eigenvalue weighted by molar-refractivity contribution is -0.116. The van der Waals surface area contributed by atoms with Crippen molar-refractivity contribution in [2.24, 2.45) is 0 Å². The highest BCUT2D eigenvalue weighted by molar-refractivity contribution is 6.18. The van der Waals surface area contributed by atoms with Crippen molar-refractivity contribution in [3.63, 3.8) is 0 Å². The second kappa shape index (κ2) is 5.64. The molecular formula is C18H26N2O. The van der Waals surface area contributed by atoms with Crippen molar-refractivity contribution in [1.29, 1.82) is 0 Å². The van der Waals surface area contributed by atoms with Gasteiger partial charge < -0.3 is 10.6 Å². The Morgan fingerprint density at radius 1 is 1.14 bits per heavy atom. The Labute approximate surface area is 127 Å². The first-order chi connectivity index (χ1) is 9.69. The zero-order valence-corrected chi connectivity index (χ0v) is 13.5. The largest absolute Gasteiger partial charge is 0.349 e. The van der Waals surface area contributed by atoms with Gasteiger partial charge in [-0.2, -0.15) is 0 Å². The minimum Gasteiger partial charge on any atom is -0.349 e. The highest BCUT2D eigenvalue weighted by Gasteiger charge is 2.38. The van der Waals surface area contributed by atoms with Gasteiger partial charge in [0.05, 0.1) is 0 Å². The Hall–Kier alpha value is -1.61. The molecule has 1 saturated heterocycles. The summed E-state index contributed by atoms with van der Waals surface area (Å²) in [6.45, 7) is 12.7. The van der Waals surface area contributed by atoms with Crippen LogP contribution >= 0.6 is 0 Å². The number of hydrogen-bond donors (Lipinski definition) is 2. The second-order valence-electron chi connectivity index (χ2n) is 7.32. The maximum Gasteiger partial charge on any atom is 0.251 e. The molecule has 1 fully saturated rings. The SMILES string of the molecule is C=C(C(=O)NC1CC(C)(C)NC(C)(C)C1)c1ccccc1. The van der Waals surface area contributed by atoms with E-state index in [4.69, 9.17) is 0 Å². The zero-order chi connectivity index (χ0) is 15.7. The first kappa shape index (κ1) is 15.8. The normalized spacial score (nSPS) is 20.8. The number of hydrogen-bond acceptors (Lipinski definition) is 2. The van der Waals surface area contributed by atoms with Crippen LogP contribution in [0.2, 0.25) is 0 Å². The minimum absolute atomic E-state index is 0.0216. The van der Waals surface area contributed by atoms with Gasteiger partial charge >= 0.3 is 0 Å². The summed E-state index contributed by atoms with van der Waals surface area (Å²) in [5.41, 5.74) is 1.45. The van der Waals surface area contributed by atoms with E-state index >= 15 is 0 Å². The predicted molar refractivity (Wildman–Crippen MR) is 87.9 cm³/mol. The Bertz CT molecular complexity index is 515. The minimum atomic E-state index is -0.0697. The Morgan fingerprint density at radius 2 is 1.67 bits per heavy atom. The van der Waals surface area contributed by atoms with Crippen LogP contribution in [0.25, 0.3) is 5.57 Å². The molecule has 0 aliphatic carbocycles.